The predicted octanol–water partition coefficient (Wildman–Crippen LogP) is 2.08. The van der Waals surface area contributed by atoms with Crippen LogP contribution in [0.15, 0.2) is 36.4 Å². The van der Waals surface area contributed by atoms with Crippen molar-refractivity contribution in [1.29, 1.82) is 0 Å². The Hall–Kier alpha value is -1.87. The number of aliphatic hydroxyl groups excluding tert-OH is 1. The summed E-state index contributed by atoms with van der Waals surface area (Å²) in [6.07, 6.45) is 0. The van der Waals surface area contributed by atoms with Gasteiger partial charge >= 0.3 is 0 Å². The van der Waals surface area contributed by atoms with Crippen molar-refractivity contribution < 1.29 is 9.90 Å². The van der Waals surface area contributed by atoms with E-state index in [1.165, 1.54) is 0 Å². The van der Waals surface area contributed by atoms with Gasteiger partial charge in [0.1, 0.15) is 6.61 Å². The van der Waals surface area contributed by atoms with Crippen molar-refractivity contribution in [3.63, 3.8) is 0 Å². The van der Waals surface area contributed by atoms with Crippen molar-refractivity contribution in [2.75, 3.05) is 25.6 Å². The summed E-state index contributed by atoms with van der Waals surface area (Å²) in [4.78, 5) is 13.4. The van der Waals surface area contributed by atoms with Crippen LogP contribution in [0.4, 0.5) is 5.69 Å². The second-order valence-electron chi connectivity index (χ2n) is 4.22. The number of carbonyl (C=O) groups is 1. The molecule has 0 aliphatic carbocycles. The van der Waals surface area contributed by atoms with Crippen LogP contribution in [0, 0.1) is 0 Å². The Bertz CT molecular complexity index is 561. The molecule has 0 spiro atoms. The van der Waals surface area contributed by atoms with Gasteiger partial charge < -0.3 is 10.0 Å². The van der Waals surface area contributed by atoms with Crippen molar-refractivity contribution in [2.24, 2.45) is 0 Å². The molecule has 0 atom stereocenters. The normalized spacial score (nSPS) is 10.5. The van der Waals surface area contributed by atoms with Gasteiger partial charge in [-0.1, -0.05) is 18.2 Å². The molecule has 0 aromatic heterocycles. The molecule has 2 aromatic rings. The number of nitrogens with zero attached hydrogens (tertiary/aromatic N) is 1. The fourth-order valence-electron chi connectivity index (χ4n) is 1.78. The molecule has 88 valence electrons. The van der Waals surface area contributed by atoms with E-state index in [9.17, 15) is 4.79 Å². The molecule has 0 saturated carbocycles. The largest absolute Gasteiger partial charge is 0.388 e. The first-order valence-electron chi connectivity index (χ1n) is 5.47. The summed E-state index contributed by atoms with van der Waals surface area (Å²) in [6.45, 7) is -0.443. The summed E-state index contributed by atoms with van der Waals surface area (Å²) >= 11 is 0. The van der Waals surface area contributed by atoms with Crippen LogP contribution in [-0.2, 0) is 0 Å². The number of benzene rings is 2. The summed E-state index contributed by atoms with van der Waals surface area (Å²) in [6, 6.07) is 11.5. The molecule has 3 nitrogen and oxygen atoms in total. The zero-order chi connectivity index (χ0) is 12.4. The van der Waals surface area contributed by atoms with Crippen LogP contribution < -0.4 is 4.90 Å². The molecule has 0 amide bonds. The number of carbonyl (C=O) groups excluding carboxylic acids is 1. The minimum atomic E-state index is -0.443. The Morgan fingerprint density at radius 2 is 1.76 bits per heavy atom. The number of hydrogen-bond acceptors (Lipinski definition) is 3. The van der Waals surface area contributed by atoms with Gasteiger partial charge in [0.05, 0.1) is 0 Å². The van der Waals surface area contributed by atoms with Crippen LogP contribution in [0.5, 0.6) is 0 Å². The SMILES string of the molecule is CN(C)c1ccc2cc(C(=O)CO)ccc2c1. The van der Waals surface area contributed by atoms with Crippen LogP contribution in [0.25, 0.3) is 10.8 Å². The fourth-order valence-corrected chi connectivity index (χ4v) is 1.78. The lowest BCUT2D eigenvalue weighted by atomic mass is 10.0. The first kappa shape index (κ1) is 11.6. The average molecular weight is 229 g/mol. The third-order valence-electron chi connectivity index (χ3n) is 2.81. The molecule has 0 bridgehead atoms. The highest BCUT2D eigenvalue weighted by molar-refractivity contribution is 6.01. The van der Waals surface area contributed by atoms with Crippen LogP contribution in [0.1, 0.15) is 10.4 Å². The Labute approximate surface area is 100 Å². The van der Waals surface area contributed by atoms with Gasteiger partial charge in [-0.3, -0.25) is 4.79 Å². The molecular formula is C14H15NO2. The maximum absolute atomic E-state index is 11.4. The number of anilines is 1. The molecule has 1 N–H and O–H groups in total. The van der Waals surface area contributed by atoms with Crippen LogP contribution in [0.2, 0.25) is 0 Å². The average Bonchev–Trinajstić information content (AvgIpc) is 2.36. The van der Waals surface area contributed by atoms with Gasteiger partial charge in [0.2, 0.25) is 0 Å². The zero-order valence-electron chi connectivity index (χ0n) is 9.97. The summed E-state index contributed by atoms with van der Waals surface area (Å²) in [7, 11) is 3.98. The minimum Gasteiger partial charge on any atom is -0.388 e. The Morgan fingerprint density at radius 3 is 2.41 bits per heavy atom. The van der Waals surface area contributed by atoms with Crippen LogP contribution in [0.3, 0.4) is 0 Å². The van der Waals surface area contributed by atoms with Gasteiger partial charge in [0.15, 0.2) is 5.78 Å². The predicted molar refractivity (Wildman–Crippen MR) is 69.7 cm³/mol. The quantitative estimate of drug-likeness (QED) is 0.819. The molecule has 0 aliphatic heterocycles. The molecule has 2 aromatic carbocycles. The molecule has 0 saturated heterocycles. The van der Waals surface area contributed by atoms with Gasteiger partial charge in [0, 0.05) is 25.3 Å². The molecule has 0 fully saturated rings. The van der Waals surface area contributed by atoms with Gasteiger partial charge in [-0.25, -0.2) is 0 Å². The second-order valence-corrected chi connectivity index (χ2v) is 4.22. The van der Waals surface area contributed by atoms with E-state index in [1.807, 2.05) is 43.3 Å². The molecule has 17 heavy (non-hydrogen) atoms. The highest BCUT2D eigenvalue weighted by Gasteiger charge is 2.05. The molecule has 0 heterocycles. The summed E-state index contributed by atoms with van der Waals surface area (Å²) in [5, 5.41) is 10.9. The first-order valence-corrected chi connectivity index (χ1v) is 5.47. The molecule has 0 aliphatic rings. The molecule has 3 heteroatoms. The maximum Gasteiger partial charge on any atom is 0.188 e. The molecule has 2 rings (SSSR count). The number of rotatable bonds is 3. The lowest BCUT2D eigenvalue weighted by molar-refractivity contribution is 0.0904. The van der Waals surface area contributed by atoms with Crippen LogP contribution in [-0.4, -0.2) is 31.6 Å². The number of aliphatic hydroxyl groups is 1. The molecule has 0 radical (unpaired) electrons. The number of Topliss-reactive ketones (excluding diaryl/α,β-unsaturated/α-hetero) is 1. The van der Waals surface area contributed by atoms with Crippen molar-refractivity contribution in [3.8, 4) is 0 Å². The van der Waals surface area contributed by atoms with Gasteiger partial charge in [-0.2, -0.15) is 0 Å². The van der Waals surface area contributed by atoms with E-state index in [4.69, 9.17) is 5.11 Å². The highest BCUT2D eigenvalue weighted by Crippen LogP contribution is 2.22. The third-order valence-corrected chi connectivity index (χ3v) is 2.81. The smallest absolute Gasteiger partial charge is 0.188 e. The summed E-state index contributed by atoms with van der Waals surface area (Å²) in [5.41, 5.74) is 1.68. The van der Waals surface area contributed by atoms with E-state index in [0.29, 0.717) is 5.56 Å². The lowest BCUT2D eigenvalue weighted by Crippen LogP contribution is -2.08. The van der Waals surface area contributed by atoms with Crippen LogP contribution >= 0.6 is 0 Å². The lowest BCUT2D eigenvalue weighted by Gasteiger charge is -2.13. The topological polar surface area (TPSA) is 40.5 Å². The van der Waals surface area contributed by atoms with E-state index in [2.05, 4.69) is 6.07 Å². The highest BCUT2D eigenvalue weighted by atomic mass is 16.3. The standard InChI is InChI=1S/C14H15NO2/c1-15(2)13-6-5-10-7-12(14(17)9-16)4-3-11(10)8-13/h3-8,16H,9H2,1-2H3. The van der Waals surface area contributed by atoms with Crippen molar-refractivity contribution in [1.82, 2.24) is 0 Å². The second kappa shape index (κ2) is 4.55. The molecule has 0 unspecified atom stereocenters. The van der Waals surface area contributed by atoms with Crippen molar-refractivity contribution in [2.45, 2.75) is 0 Å². The van der Waals surface area contributed by atoms with Gasteiger partial charge in [-0.05, 0) is 29.0 Å². The van der Waals surface area contributed by atoms with Crippen molar-refractivity contribution in [3.05, 3.63) is 42.0 Å². The zero-order valence-corrected chi connectivity index (χ0v) is 9.97. The number of fused-ring (bicyclic) bond motifs is 1. The van der Waals surface area contributed by atoms with E-state index in [1.54, 1.807) is 6.07 Å². The fraction of sp³-hybridized carbons (Fsp3) is 0.214. The minimum absolute atomic E-state index is 0.247. The first-order chi connectivity index (χ1) is 8.11. The number of hydrogen-bond donors (Lipinski definition) is 1. The van der Waals surface area contributed by atoms with E-state index in [0.717, 1.165) is 16.5 Å². The molecular weight excluding hydrogens is 214 g/mol. The third kappa shape index (κ3) is 2.29. The van der Waals surface area contributed by atoms with Gasteiger partial charge in [-0.15, -0.1) is 0 Å². The van der Waals surface area contributed by atoms with E-state index >= 15 is 0 Å². The maximum atomic E-state index is 11.4. The Morgan fingerprint density at radius 1 is 1.12 bits per heavy atom. The summed E-state index contributed by atoms with van der Waals surface area (Å²) < 4.78 is 0. The summed E-state index contributed by atoms with van der Waals surface area (Å²) in [5.74, 6) is -0.247. The Balaban J connectivity index is 2.50. The monoisotopic (exact) mass is 229 g/mol. The van der Waals surface area contributed by atoms with Gasteiger partial charge in [0.25, 0.3) is 0 Å². The van der Waals surface area contributed by atoms with E-state index < -0.39 is 6.61 Å². The van der Waals surface area contributed by atoms with E-state index in [-0.39, 0.29) is 5.78 Å². The van der Waals surface area contributed by atoms with Crippen molar-refractivity contribution >= 4 is 22.2 Å². The number of ketones is 1. The Kier molecular flexibility index (Phi) is 3.11.